The van der Waals surface area contributed by atoms with Crippen molar-refractivity contribution in [1.82, 2.24) is 15.1 Å². The maximum Gasteiger partial charge on any atom is 0.133 e. The summed E-state index contributed by atoms with van der Waals surface area (Å²) in [5, 5.41) is 7.66. The fraction of sp³-hybridized carbons (Fsp3) is 0.357. The zero-order valence-corrected chi connectivity index (χ0v) is 12.9. The standard InChI is InChI=1S/C14H18BrN3O/c1-4-18-12(7-8-17-18)14(16-2)10-5-6-13(19-3)11(15)9-10/h5-9,14,16H,4H2,1-3H3. The zero-order chi connectivity index (χ0) is 13.8. The van der Waals surface area contributed by atoms with E-state index >= 15 is 0 Å². The Hall–Kier alpha value is -1.33. The predicted octanol–water partition coefficient (Wildman–Crippen LogP) is 2.98. The average molecular weight is 324 g/mol. The number of halogens is 1. The molecular weight excluding hydrogens is 306 g/mol. The summed E-state index contributed by atoms with van der Waals surface area (Å²) in [6.45, 7) is 2.95. The van der Waals surface area contributed by atoms with Crippen molar-refractivity contribution >= 4 is 15.9 Å². The lowest BCUT2D eigenvalue weighted by atomic mass is 10.0. The molecule has 0 radical (unpaired) electrons. The van der Waals surface area contributed by atoms with Gasteiger partial charge < -0.3 is 10.1 Å². The van der Waals surface area contributed by atoms with Crippen LogP contribution >= 0.6 is 15.9 Å². The van der Waals surface area contributed by atoms with Gasteiger partial charge in [-0.2, -0.15) is 5.10 Å². The van der Waals surface area contributed by atoms with Gasteiger partial charge >= 0.3 is 0 Å². The third kappa shape index (κ3) is 2.82. The van der Waals surface area contributed by atoms with Crippen LogP contribution in [0.25, 0.3) is 0 Å². The van der Waals surface area contributed by atoms with Crippen LogP contribution in [0.5, 0.6) is 5.75 Å². The van der Waals surface area contributed by atoms with Crippen molar-refractivity contribution in [2.45, 2.75) is 19.5 Å². The van der Waals surface area contributed by atoms with Crippen LogP contribution in [0.4, 0.5) is 0 Å². The molecule has 0 aliphatic rings. The first-order chi connectivity index (χ1) is 9.21. The average Bonchev–Trinajstić information content (AvgIpc) is 2.88. The van der Waals surface area contributed by atoms with E-state index in [1.807, 2.05) is 30.1 Å². The summed E-state index contributed by atoms with van der Waals surface area (Å²) in [5.41, 5.74) is 2.33. The number of benzene rings is 1. The molecule has 5 heteroatoms. The number of rotatable bonds is 5. The fourth-order valence-electron chi connectivity index (χ4n) is 2.20. The monoisotopic (exact) mass is 323 g/mol. The highest BCUT2D eigenvalue weighted by atomic mass is 79.9. The summed E-state index contributed by atoms with van der Waals surface area (Å²) in [6.07, 6.45) is 1.84. The first kappa shape index (κ1) is 14.1. The maximum absolute atomic E-state index is 5.26. The molecule has 0 amide bonds. The molecule has 1 unspecified atom stereocenters. The van der Waals surface area contributed by atoms with Crippen molar-refractivity contribution in [2.24, 2.45) is 0 Å². The zero-order valence-electron chi connectivity index (χ0n) is 11.4. The van der Waals surface area contributed by atoms with E-state index in [2.05, 4.69) is 45.4 Å². The summed E-state index contributed by atoms with van der Waals surface area (Å²) in [6, 6.07) is 8.27. The van der Waals surface area contributed by atoms with Crippen LogP contribution in [0.3, 0.4) is 0 Å². The number of nitrogens with one attached hydrogen (secondary N) is 1. The number of nitrogens with zero attached hydrogens (tertiary/aromatic N) is 2. The summed E-state index contributed by atoms with van der Waals surface area (Å²) < 4.78 is 8.22. The van der Waals surface area contributed by atoms with Crippen LogP contribution in [0.1, 0.15) is 24.2 Å². The minimum atomic E-state index is 0.115. The molecule has 1 atom stereocenters. The van der Waals surface area contributed by atoms with E-state index in [0.717, 1.165) is 22.5 Å². The number of hydrogen-bond acceptors (Lipinski definition) is 3. The third-order valence-corrected chi connectivity index (χ3v) is 3.76. The van der Waals surface area contributed by atoms with Crippen LogP contribution in [0.15, 0.2) is 34.9 Å². The predicted molar refractivity (Wildman–Crippen MR) is 79.5 cm³/mol. The van der Waals surface area contributed by atoms with Gasteiger partial charge in [-0.3, -0.25) is 4.68 Å². The second kappa shape index (κ2) is 6.21. The number of aryl methyl sites for hydroxylation is 1. The molecule has 1 aromatic heterocycles. The second-order valence-electron chi connectivity index (χ2n) is 4.19. The molecule has 2 aromatic rings. The maximum atomic E-state index is 5.26. The largest absolute Gasteiger partial charge is 0.496 e. The van der Waals surface area contributed by atoms with Gasteiger partial charge in [-0.15, -0.1) is 0 Å². The molecule has 1 aromatic carbocycles. The lowest BCUT2D eigenvalue weighted by Gasteiger charge is -2.19. The molecular formula is C14H18BrN3O. The first-order valence-corrected chi connectivity index (χ1v) is 7.03. The smallest absolute Gasteiger partial charge is 0.133 e. The van der Waals surface area contributed by atoms with Gasteiger partial charge in [0, 0.05) is 12.7 Å². The van der Waals surface area contributed by atoms with Gasteiger partial charge in [0.2, 0.25) is 0 Å². The first-order valence-electron chi connectivity index (χ1n) is 6.23. The molecule has 0 saturated carbocycles. The van der Waals surface area contributed by atoms with Crippen molar-refractivity contribution in [2.75, 3.05) is 14.2 Å². The van der Waals surface area contributed by atoms with Crippen molar-refractivity contribution in [3.8, 4) is 5.75 Å². The SMILES string of the molecule is CCn1nccc1C(NC)c1ccc(OC)c(Br)c1. The van der Waals surface area contributed by atoms with E-state index in [-0.39, 0.29) is 6.04 Å². The Morgan fingerprint density at radius 3 is 2.79 bits per heavy atom. The van der Waals surface area contributed by atoms with Crippen LogP contribution in [-0.4, -0.2) is 23.9 Å². The van der Waals surface area contributed by atoms with Gasteiger partial charge in [0.25, 0.3) is 0 Å². The second-order valence-corrected chi connectivity index (χ2v) is 5.04. The van der Waals surface area contributed by atoms with E-state index in [0.29, 0.717) is 0 Å². The minimum Gasteiger partial charge on any atom is -0.496 e. The molecule has 0 aliphatic carbocycles. The molecule has 0 aliphatic heterocycles. The summed E-state index contributed by atoms with van der Waals surface area (Å²) in [7, 11) is 3.62. The van der Waals surface area contributed by atoms with E-state index in [9.17, 15) is 0 Å². The Kier molecular flexibility index (Phi) is 4.61. The number of methoxy groups -OCH3 is 1. The van der Waals surface area contributed by atoms with Crippen LogP contribution in [0.2, 0.25) is 0 Å². The van der Waals surface area contributed by atoms with Crippen molar-refractivity contribution in [3.05, 3.63) is 46.2 Å². The van der Waals surface area contributed by atoms with Gasteiger partial charge in [-0.05, 0) is 53.7 Å². The fourth-order valence-corrected chi connectivity index (χ4v) is 2.76. The number of aromatic nitrogens is 2. The lowest BCUT2D eigenvalue weighted by molar-refractivity contribution is 0.411. The molecule has 2 rings (SSSR count). The highest BCUT2D eigenvalue weighted by Crippen LogP contribution is 2.30. The van der Waals surface area contributed by atoms with Crippen molar-refractivity contribution in [1.29, 1.82) is 0 Å². The molecule has 102 valence electrons. The topological polar surface area (TPSA) is 39.1 Å². The van der Waals surface area contributed by atoms with E-state index in [1.54, 1.807) is 7.11 Å². The van der Waals surface area contributed by atoms with Gasteiger partial charge in [0.1, 0.15) is 5.75 Å². The number of hydrogen-bond donors (Lipinski definition) is 1. The normalized spacial score (nSPS) is 12.4. The van der Waals surface area contributed by atoms with Crippen LogP contribution in [0, 0.1) is 0 Å². The molecule has 0 saturated heterocycles. The van der Waals surface area contributed by atoms with Crippen molar-refractivity contribution < 1.29 is 4.74 Å². The highest BCUT2D eigenvalue weighted by molar-refractivity contribution is 9.10. The Bertz CT molecular complexity index is 553. The molecule has 1 heterocycles. The van der Waals surface area contributed by atoms with Crippen LogP contribution in [-0.2, 0) is 6.54 Å². The Morgan fingerprint density at radius 1 is 1.42 bits per heavy atom. The lowest BCUT2D eigenvalue weighted by Crippen LogP contribution is -2.21. The van der Waals surface area contributed by atoms with Gasteiger partial charge in [0.15, 0.2) is 0 Å². The van der Waals surface area contributed by atoms with E-state index in [1.165, 1.54) is 5.56 Å². The Morgan fingerprint density at radius 2 is 2.21 bits per heavy atom. The summed E-state index contributed by atoms with van der Waals surface area (Å²) >= 11 is 3.53. The molecule has 0 fully saturated rings. The highest BCUT2D eigenvalue weighted by Gasteiger charge is 2.17. The molecule has 0 bridgehead atoms. The van der Waals surface area contributed by atoms with Gasteiger partial charge in [0.05, 0.1) is 23.3 Å². The molecule has 19 heavy (non-hydrogen) atoms. The summed E-state index contributed by atoms with van der Waals surface area (Å²) in [5.74, 6) is 0.836. The molecule has 1 N–H and O–H groups in total. The Labute approximate surface area is 121 Å². The number of ether oxygens (including phenoxy) is 1. The Balaban J connectivity index is 2.40. The van der Waals surface area contributed by atoms with E-state index < -0.39 is 0 Å². The minimum absolute atomic E-state index is 0.115. The van der Waals surface area contributed by atoms with Gasteiger partial charge in [-0.1, -0.05) is 6.07 Å². The van der Waals surface area contributed by atoms with E-state index in [4.69, 9.17) is 4.74 Å². The van der Waals surface area contributed by atoms with Crippen molar-refractivity contribution in [3.63, 3.8) is 0 Å². The third-order valence-electron chi connectivity index (χ3n) is 3.14. The van der Waals surface area contributed by atoms with Gasteiger partial charge in [-0.25, -0.2) is 0 Å². The summed E-state index contributed by atoms with van der Waals surface area (Å²) in [4.78, 5) is 0. The quantitative estimate of drug-likeness (QED) is 0.919. The molecule has 0 spiro atoms. The molecule has 4 nitrogen and oxygen atoms in total. The van der Waals surface area contributed by atoms with Crippen LogP contribution < -0.4 is 10.1 Å².